The minimum absolute atomic E-state index is 0.117. The summed E-state index contributed by atoms with van der Waals surface area (Å²) in [7, 11) is 0. The molecule has 0 radical (unpaired) electrons. The number of carbonyl (C=O) groups is 1. The van der Waals surface area contributed by atoms with E-state index in [-0.39, 0.29) is 5.91 Å². The number of hydrogen-bond acceptors (Lipinski definition) is 5. The minimum Gasteiger partial charge on any atom is -0.386 e. The Morgan fingerprint density at radius 1 is 1.75 bits per heavy atom. The summed E-state index contributed by atoms with van der Waals surface area (Å²) in [4.78, 5) is 17.6. The van der Waals surface area contributed by atoms with E-state index in [4.69, 9.17) is 5.73 Å². The molecule has 2 rings (SSSR count). The third kappa shape index (κ3) is 1.95. The van der Waals surface area contributed by atoms with Crippen LogP contribution >= 0.6 is 11.3 Å². The van der Waals surface area contributed by atoms with Crippen LogP contribution in [-0.2, 0) is 6.54 Å². The molecular formula is C10H15N3O2S. The van der Waals surface area contributed by atoms with Crippen molar-refractivity contribution in [1.82, 2.24) is 9.88 Å². The number of nitrogens with two attached hydrogens (primary N) is 1. The van der Waals surface area contributed by atoms with Crippen molar-refractivity contribution in [3.8, 4) is 0 Å². The average Bonchev–Trinajstić information content (AvgIpc) is 2.72. The van der Waals surface area contributed by atoms with Crippen molar-refractivity contribution in [2.75, 3.05) is 13.1 Å². The monoisotopic (exact) mass is 241 g/mol. The maximum Gasteiger partial charge on any atom is 0.273 e. The van der Waals surface area contributed by atoms with Gasteiger partial charge in [-0.3, -0.25) is 4.79 Å². The Kier molecular flexibility index (Phi) is 2.96. The molecular weight excluding hydrogens is 226 g/mol. The summed E-state index contributed by atoms with van der Waals surface area (Å²) in [5.74, 6) is -0.117. The van der Waals surface area contributed by atoms with Crippen LogP contribution < -0.4 is 5.73 Å². The fourth-order valence-electron chi connectivity index (χ4n) is 1.70. The second-order valence-corrected chi connectivity index (χ2v) is 5.01. The van der Waals surface area contributed by atoms with Crippen molar-refractivity contribution in [3.05, 3.63) is 16.1 Å². The molecule has 88 valence electrons. The van der Waals surface area contributed by atoms with Crippen LogP contribution in [0, 0.1) is 0 Å². The van der Waals surface area contributed by atoms with Gasteiger partial charge in [0.05, 0.1) is 18.7 Å². The summed E-state index contributed by atoms with van der Waals surface area (Å²) in [6, 6.07) is 0. The topological polar surface area (TPSA) is 79.5 Å². The molecule has 0 saturated carbocycles. The number of amides is 1. The van der Waals surface area contributed by atoms with Gasteiger partial charge in [0, 0.05) is 11.9 Å². The van der Waals surface area contributed by atoms with Crippen LogP contribution in [0.1, 0.15) is 28.8 Å². The standard InChI is InChI=1S/C10H15N3O2S/c1-2-10(15)5-13(6-10)9(14)7-4-16-8(3-11)12-7/h4,15H,2-3,5-6,11H2,1H3. The van der Waals surface area contributed by atoms with Crippen molar-refractivity contribution in [2.45, 2.75) is 25.5 Å². The number of β-amino-alcohol motifs (C(OH)–C–C–N with tert-alkyl or cyclic N) is 1. The van der Waals surface area contributed by atoms with Gasteiger partial charge in [-0.05, 0) is 6.42 Å². The van der Waals surface area contributed by atoms with Crippen LogP contribution in [0.15, 0.2) is 5.38 Å². The number of aromatic nitrogens is 1. The van der Waals surface area contributed by atoms with E-state index in [2.05, 4.69) is 4.98 Å². The minimum atomic E-state index is -0.692. The third-order valence-electron chi connectivity index (χ3n) is 2.86. The van der Waals surface area contributed by atoms with Crippen LogP contribution in [0.3, 0.4) is 0 Å². The summed E-state index contributed by atoms with van der Waals surface area (Å²) in [6.45, 7) is 3.07. The molecule has 1 aliphatic rings. The maximum absolute atomic E-state index is 11.9. The van der Waals surface area contributed by atoms with E-state index in [9.17, 15) is 9.90 Å². The number of likely N-dealkylation sites (tertiary alicyclic amines) is 1. The summed E-state index contributed by atoms with van der Waals surface area (Å²) < 4.78 is 0. The van der Waals surface area contributed by atoms with Gasteiger partial charge >= 0.3 is 0 Å². The van der Waals surface area contributed by atoms with Crippen molar-refractivity contribution in [1.29, 1.82) is 0 Å². The Bertz CT molecular complexity index is 399. The van der Waals surface area contributed by atoms with Crippen LogP contribution in [0.25, 0.3) is 0 Å². The molecule has 0 bridgehead atoms. The van der Waals surface area contributed by atoms with Crippen molar-refractivity contribution in [3.63, 3.8) is 0 Å². The summed E-state index contributed by atoms with van der Waals surface area (Å²) in [6.07, 6.45) is 0.669. The third-order valence-corrected chi connectivity index (χ3v) is 3.73. The van der Waals surface area contributed by atoms with Crippen molar-refractivity contribution in [2.24, 2.45) is 5.73 Å². The van der Waals surface area contributed by atoms with E-state index in [0.29, 0.717) is 31.7 Å². The van der Waals surface area contributed by atoms with Crippen LogP contribution in [0.4, 0.5) is 0 Å². The van der Waals surface area contributed by atoms with Crippen molar-refractivity contribution >= 4 is 17.2 Å². The molecule has 1 fully saturated rings. The zero-order valence-electron chi connectivity index (χ0n) is 9.14. The summed E-state index contributed by atoms with van der Waals surface area (Å²) >= 11 is 1.39. The number of nitrogens with zero attached hydrogens (tertiary/aromatic N) is 2. The zero-order chi connectivity index (χ0) is 11.8. The molecule has 1 aromatic rings. The Balaban J connectivity index is 2.00. The normalized spacial score (nSPS) is 18.3. The smallest absolute Gasteiger partial charge is 0.273 e. The lowest BCUT2D eigenvalue weighted by atomic mass is 9.91. The van der Waals surface area contributed by atoms with Gasteiger partial charge in [0.1, 0.15) is 10.7 Å². The Labute approximate surface area is 97.9 Å². The van der Waals surface area contributed by atoms with Gasteiger partial charge in [0.2, 0.25) is 0 Å². The Hall–Kier alpha value is -0.980. The molecule has 2 heterocycles. The summed E-state index contributed by atoms with van der Waals surface area (Å²) in [5, 5.41) is 12.3. The number of carbonyl (C=O) groups excluding carboxylic acids is 1. The highest BCUT2D eigenvalue weighted by molar-refractivity contribution is 7.09. The van der Waals surface area contributed by atoms with E-state index in [1.165, 1.54) is 11.3 Å². The molecule has 6 heteroatoms. The summed E-state index contributed by atoms with van der Waals surface area (Å²) in [5.41, 5.74) is 5.18. The van der Waals surface area contributed by atoms with Crippen molar-refractivity contribution < 1.29 is 9.90 Å². The second kappa shape index (κ2) is 4.12. The average molecular weight is 241 g/mol. The molecule has 1 aromatic heterocycles. The van der Waals surface area contributed by atoms with Gasteiger partial charge < -0.3 is 15.7 Å². The fraction of sp³-hybridized carbons (Fsp3) is 0.600. The molecule has 5 nitrogen and oxygen atoms in total. The van der Waals surface area contributed by atoms with E-state index >= 15 is 0 Å². The highest BCUT2D eigenvalue weighted by atomic mass is 32.1. The lowest BCUT2D eigenvalue weighted by molar-refractivity contribution is -0.0828. The van der Waals surface area contributed by atoms with E-state index in [1.807, 2.05) is 6.92 Å². The predicted molar refractivity (Wildman–Crippen MR) is 61.1 cm³/mol. The number of thiazole rings is 1. The number of hydrogen-bond donors (Lipinski definition) is 2. The van der Waals surface area contributed by atoms with Gasteiger partial charge in [0.15, 0.2) is 0 Å². The molecule has 1 amide bonds. The molecule has 0 aromatic carbocycles. The van der Waals surface area contributed by atoms with Gasteiger partial charge in [-0.25, -0.2) is 4.98 Å². The largest absolute Gasteiger partial charge is 0.386 e. The molecule has 3 N–H and O–H groups in total. The fourth-order valence-corrected chi connectivity index (χ4v) is 2.34. The quantitative estimate of drug-likeness (QED) is 0.792. The SMILES string of the molecule is CCC1(O)CN(C(=O)c2csc(CN)n2)C1. The first kappa shape index (κ1) is 11.5. The number of aliphatic hydroxyl groups is 1. The maximum atomic E-state index is 11.9. The number of rotatable bonds is 3. The van der Waals surface area contributed by atoms with Gasteiger partial charge in [-0.1, -0.05) is 6.92 Å². The second-order valence-electron chi connectivity index (χ2n) is 4.07. The first-order valence-electron chi connectivity index (χ1n) is 5.24. The molecule has 0 spiro atoms. The lowest BCUT2D eigenvalue weighted by Gasteiger charge is -2.45. The first-order valence-corrected chi connectivity index (χ1v) is 6.12. The van der Waals surface area contributed by atoms with Crippen LogP contribution in [0.2, 0.25) is 0 Å². The Morgan fingerprint density at radius 2 is 2.44 bits per heavy atom. The molecule has 1 saturated heterocycles. The highest BCUT2D eigenvalue weighted by Crippen LogP contribution is 2.25. The first-order chi connectivity index (χ1) is 7.58. The lowest BCUT2D eigenvalue weighted by Crippen LogP contribution is -2.63. The van der Waals surface area contributed by atoms with E-state index in [0.717, 1.165) is 5.01 Å². The highest BCUT2D eigenvalue weighted by Gasteiger charge is 2.42. The molecule has 0 aliphatic carbocycles. The van der Waals surface area contributed by atoms with Gasteiger partial charge in [-0.2, -0.15) is 0 Å². The molecule has 0 atom stereocenters. The van der Waals surface area contributed by atoms with Gasteiger partial charge in [0.25, 0.3) is 5.91 Å². The van der Waals surface area contributed by atoms with E-state index in [1.54, 1.807) is 10.3 Å². The molecule has 1 aliphatic heterocycles. The van der Waals surface area contributed by atoms with E-state index < -0.39 is 5.60 Å². The van der Waals surface area contributed by atoms with Crippen LogP contribution in [-0.4, -0.2) is 39.6 Å². The van der Waals surface area contributed by atoms with Crippen LogP contribution in [0.5, 0.6) is 0 Å². The Morgan fingerprint density at radius 3 is 2.94 bits per heavy atom. The molecule has 16 heavy (non-hydrogen) atoms. The zero-order valence-corrected chi connectivity index (χ0v) is 9.96. The molecule has 0 unspecified atom stereocenters. The van der Waals surface area contributed by atoms with Gasteiger partial charge in [-0.15, -0.1) is 11.3 Å². The predicted octanol–water partition coefficient (Wildman–Crippen LogP) is 0.199.